The summed E-state index contributed by atoms with van der Waals surface area (Å²) in [5.41, 5.74) is 2.27. The van der Waals surface area contributed by atoms with Gasteiger partial charge in [0.15, 0.2) is 11.5 Å². The van der Waals surface area contributed by atoms with Gasteiger partial charge >= 0.3 is 0 Å². The van der Waals surface area contributed by atoms with Gasteiger partial charge in [0.1, 0.15) is 23.5 Å². The second kappa shape index (κ2) is 11.7. The van der Waals surface area contributed by atoms with E-state index in [0.717, 1.165) is 5.69 Å². The minimum atomic E-state index is -0.352. The summed E-state index contributed by atoms with van der Waals surface area (Å²) in [4.78, 5) is 20.7. The molecule has 0 spiro atoms. The van der Waals surface area contributed by atoms with E-state index in [1.54, 1.807) is 35.2 Å². The average molecular weight is 592 g/mol. The number of carbonyl (C=O) groups is 1. The minimum Gasteiger partial charge on any atom is -0.490 e. The Bertz CT molecular complexity index is 1670. The molecule has 1 amide bonds. The number of aromatic nitrogens is 6. The van der Waals surface area contributed by atoms with Gasteiger partial charge in [0.25, 0.3) is 5.91 Å². The number of benzene rings is 3. The molecule has 0 bridgehead atoms. The molecule has 41 heavy (non-hydrogen) atoms. The number of piperidine rings is 1. The zero-order chi connectivity index (χ0) is 28.3. The standard InChI is InChI=1S/C29H24Cl2FN7O2/c30-18-8-10-20(11-9-18)39-25(17-26-34-36-37-35-26)27(33-28(39)23-6-1-2-7-24(23)31)29(40)38-14-12-21(13-15-38)41-22-5-3-4-19(32)16-22/h1-11,16,21H,12-15,17H2,(H,34,35,36,37). The lowest BCUT2D eigenvalue weighted by molar-refractivity contribution is 0.0589. The number of likely N-dealkylation sites (tertiary alicyclic amines) is 1. The fraction of sp³-hybridized carbons (Fsp3) is 0.207. The quantitative estimate of drug-likeness (QED) is 0.258. The van der Waals surface area contributed by atoms with E-state index in [4.69, 9.17) is 32.9 Å². The van der Waals surface area contributed by atoms with Crippen molar-refractivity contribution in [2.24, 2.45) is 0 Å². The molecule has 1 saturated heterocycles. The van der Waals surface area contributed by atoms with Crippen molar-refractivity contribution in [1.29, 1.82) is 0 Å². The van der Waals surface area contributed by atoms with Crippen molar-refractivity contribution in [3.8, 4) is 22.8 Å². The van der Waals surface area contributed by atoms with Crippen LogP contribution in [0.15, 0.2) is 72.8 Å². The van der Waals surface area contributed by atoms with Crippen molar-refractivity contribution in [2.45, 2.75) is 25.4 Å². The number of amides is 1. The first-order valence-corrected chi connectivity index (χ1v) is 13.8. The van der Waals surface area contributed by atoms with E-state index in [1.165, 1.54) is 12.1 Å². The fourth-order valence-electron chi connectivity index (χ4n) is 4.95. The van der Waals surface area contributed by atoms with Crippen LogP contribution >= 0.6 is 23.2 Å². The molecule has 9 nitrogen and oxygen atoms in total. The summed E-state index contributed by atoms with van der Waals surface area (Å²) in [6, 6.07) is 20.7. The van der Waals surface area contributed by atoms with Crippen LogP contribution in [0.25, 0.3) is 17.1 Å². The Kier molecular flexibility index (Phi) is 7.67. The van der Waals surface area contributed by atoms with Crippen molar-refractivity contribution in [3.05, 3.63) is 106 Å². The van der Waals surface area contributed by atoms with Crippen molar-refractivity contribution in [3.63, 3.8) is 0 Å². The number of halogens is 3. The van der Waals surface area contributed by atoms with E-state index >= 15 is 0 Å². The maximum absolute atomic E-state index is 14.1. The third-order valence-electron chi connectivity index (χ3n) is 6.92. The third kappa shape index (κ3) is 5.79. The van der Waals surface area contributed by atoms with Crippen LogP contribution in [-0.2, 0) is 6.42 Å². The summed E-state index contributed by atoms with van der Waals surface area (Å²) in [6.07, 6.45) is 1.25. The van der Waals surface area contributed by atoms with E-state index in [1.807, 2.05) is 34.9 Å². The molecule has 1 aliphatic heterocycles. The average Bonchev–Trinajstić information content (AvgIpc) is 3.62. The lowest BCUT2D eigenvalue weighted by Crippen LogP contribution is -2.42. The van der Waals surface area contributed by atoms with Crippen LogP contribution in [0.5, 0.6) is 5.75 Å². The maximum Gasteiger partial charge on any atom is 0.274 e. The van der Waals surface area contributed by atoms with Crippen LogP contribution < -0.4 is 4.74 Å². The van der Waals surface area contributed by atoms with E-state index in [-0.39, 0.29) is 29.9 Å². The molecule has 1 aliphatic rings. The number of imidazole rings is 1. The van der Waals surface area contributed by atoms with Gasteiger partial charge in [-0.25, -0.2) is 9.37 Å². The molecule has 1 fully saturated rings. The number of carbonyl (C=O) groups excluding carboxylic acids is 1. The molecule has 1 N–H and O–H groups in total. The summed E-state index contributed by atoms with van der Waals surface area (Å²) in [5.74, 6) is 0.804. The largest absolute Gasteiger partial charge is 0.490 e. The van der Waals surface area contributed by atoms with Gasteiger partial charge in [0, 0.05) is 48.3 Å². The molecule has 5 aromatic rings. The first-order valence-electron chi connectivity index (χ1n) is 13.0. The van der Waals surface area contributed by atoms with Crippen LogP contribution in [0, 0.1) is 5.82 Å². The second-order valence-electron chi connectivity index (χ2n) is 9.59. The molecular formula is C29H24Cl2FN7O2. The normalized spacial score (nSPS) is 13.9. The van der Waals surface area contributed by atoms with Crippen LogP contribution in [-0.4, -0.2) is 60.2 Å². The van der Waals surface area contributed by atoms with Gasteiger partial charge in [-0.1, -0.05) is 46.6 Å². The van der Waals surface area contributed by atoms with Gasteiger partial charge in [0.2, 0.25) is 0 Å². The zero-order valence-corrected chi connectivity index (χ0v) is 23.2. The number of nitrogens with one attached hydrogen (secondary N) is 1. The molecule has 208 valence electrons. The topological polar surface area (TPSA) is 102 Å². The predicted molar refractivity (Wildman–Crippen MR) is 152 cm³/mol. The van der Waals surface area contributed by atoms with Gasteiger partial charge in [-0.15, -0.1) is 10.2 Å². The number of aromatic amines is 1. The Balaban J connectivity index is 1.37. The Morgan fingerprint density at radius 1 is 1.02 bits per heavy atom. The highest BCUT2D eigenvalue weighted by Crippen LogP contribution is 2.33. The van der Waals surface area contributed by atoms with E-state index in [0.29, 0.717) is 64.6 Å². The van der Waals surface area contributed by atoms with Crippen LogP contribution in [0.4, 0.5) is 4.39 Å². The van der Waals surface area contributed by atoms with Gasteiger partial charge in [-0.2, -0.15) is 5.21 Å². The number of rotatable bonds is 7. The molecule has 0 aliphatic carbocycles. The first-order chi connectivity index (χ1) is 20.0. The van der Waals surface area contributed by atoms with E-state index in [2.05, 4.69) is 20.6 Å². The molecule has 0 atom stereocenters. The van der Waals surface area contributed by atoms with Crippen LogP contribution in [0.1, 0.15) is 34.8 Å². The second-order valence-corrected chi connectivity index (χ2v) is 10.4. The smallest absolute Gasteiger partial charge is 0.274 e. The molecule has 0 saturated carbocycles. The summed E-state index contributed by atoms with van der Waals surface area (Å²) in [5, 5.41) is 15.5. The molecule has 3 aromatic carbocycles. The third-order valence-corrected chi connectivity index (χ3v) is 7.50. The molecular weight excluding hydrogens is 568 g/mol. The number of hydrogen-bond donors (Lipinski definition) is 1. The highest BCUT2D eigenvalue weighted by atomic mass is 35.5. The van der Waals surface area contributed by atoms with Crippen molar-refractivity contribution in [1.82, 2.24) is 35.1 Å². The number of H-pyrrole nitrogens is 1. The van der Waals surface area contributed by atoms with Crippen molar-refractivity contribution < 1.29 is 13.9 Å². The van der Waals surface area contributed by atoms with E-state index in [9.17, 15) is 9.18 Å². The van der Waals surface area contributed by atoms with E-state index < -0.39 is 0 Å². The molecule has 6 rings (SSSR count). The molecule has 0 radical (unpaired) electrons. The number of tetrazole rings is 1. The monoisotopic (exact) mass is 591 g/mol. The Morgan fingerprint density at radius 3 is 2.51 bits per heavy atom. The lowest BCUT2D eigenvalue weighted by atomic mass is 10.1. The Hall–Kier alpha value is -4.28. The van der Waals surface area contributed by atoms with Gasteiger partial charge in [0.05, 0.1) is 17.1 Å². The summed E-state index contributed by atoms with van der Waals surface area (Å²) in [7, 11) is 0. The molecule has 2 aromatic heterocycles. The molecule has 3 heterocycles. The first kappa shape index (κ1) is 26.9. The zero-order valence-electron chi connectivity index (χ0n) is 21.7. The fourth-order valence-corrected chi connectivity index (χ4v) is 5.29. The number of ether oxygens (including phenoxy) is 1. The van der Waals surface area contributed by atoms with Gasteiger partial charge in [-0.3, -0.25) is 9.36 Å². The number of hydrogen-bond acceptors (Lipinski definition) is 6. The summed E-state index contributed by atoms with van der Waals surface area (Å²) in [6.45, 7) is 0.908. The van der Waals surface area contributed by atoms with Crippen molar-refractivity contribution in [2.75, 3.05) is 13.1 Å². The van der Waals surface area contributed by atoms with Gasteiger partial charge < -0.3 is 9.64 Å². The number of nitrogens with zero attached hydrogens (tertiary/aromatic N) is 6. The van der Waals surface area contributed by atoms with Gasteiger partial charge in [-0.05, 0) is 48.5 Å². The molecule has 0 unspecified atom stereocenters. The lowest BCUT2D eigenvalue weighted by Gasteiger charge is -2.32. The minimum absolute atomic E-state index is 0.134. The summed E-state index contributed by atoms with van der Waals surface area (Å²) >= 11 is 12.8. The van der Waals surface area contributed by atoms with Crippen LogP contribution in [0.3, 0.4) is 0 Å². The van der Waals surface area contributed by atoms with Crippen LogP contribution in [0.2, 0.25) is 10.0 Å². The van der Waals surface area contributed by atoms with Crippen molar-refractivity contribution >= 4 is 29.1 Å². The highest BCUT2D eigenvalue weighted by molar-refractivity contribution is 6.33. The Labute approximate surface area is 244 Å². The highest BCUT2D eigenvalue weighted by Gasteiger charge is 2.31. The SMILES string of the molecule is O=C(c1nc(-c2ccccc2Cl)n(-c2ccc(Cl)cc2)c1Cc1nn[nH]n1)N1CCC(Oc2cccc(F)c2)CC1. The summed E-state index contributed by atoms with van der Waals surface area (Å²) < 4.78 is 21.5. The maximum atomic E-state index is 14.1. The molecule has 12 heteroatoms. The Morgan fingerprint density at radius 2 is 1.80 bits per heavy atom. The predicted octanol–water partition coefficient (Wildman–Crippen LogP) is 5.77.